The number of amides is 1. The summed E-state index contributed by atoms with van der Waals surface area (Å²) in [6.45, 7) is 0.863. The number of aliphatic hydroxyl groups is 3. The second-order valence-electron chi connectivity index (χ2n) is 7.37. The highest BCUT2D eigenvalue weighted by molar-refractivity contribution is 5.98. The molecule has 0 aliphatic rings. The fourth-order valence-corrected chi connectivity index (χ4v) is 3.01. The van der Waals surface area contributed by atoms with Gasteiger partial charge in [0.05, 0.1) is 6.10 Å². The number of Topliss-reactive ketones (excluding diaryl/α,β-unsaturated/α-hetero) is 1. The standard InChI is InChI=1S/C25H29NO5/c1-18(29)24(23(30)17-28)26-25(31)22-14-12-21(13-15-22)11-10-20-8-6-19(7-9-20)5-3-2-4-16-27/h6-9,12-15,18,24,27-29H,2-5,16-17H2,1H3,(H,26,31)/t18-,24+/m1/s1. The van der Waals surface area contributed by atoms with E-state index in [2.05, 4.69) is 29.3 Å². The molecule has 0 aromatic heterocycles. The molecule has 164 valence electrons. The van der Waals surface area contributed by atoms with Crippen LogP contribution in [0.3, 0.4) is 0 Å². The van der Waals surface area contributed by atoms with Gasteiger partial charge in [-0.3, -0.25) is 9.59 Å². The Hall–Kier alpha value is -2.98. The Morgan fingerprint density at radius 1 is 0.903 bits per heavy atom. The first-order valence-corrected chi connectivity index (χ1v) is 10.4. The summed E-state index contributed by atoms with van der Waals surface area (Å²) in [5.74, 6) is 4.99. The van der Waals surface area contributed by atoms with E-state index in [4.69, 9.17) is 10.2 Å². The molecule has 1 amide bonds. The lowest BCUT2D eigenvalue weighted by molar-refractivity contribution is -0.125. The van der Waals surface area contributed by atoms with Gasteiger partial charge in [0, 0.05) is 23.3 Å². The molecular weight excluding hydrogens is 394 g/mol. The minimum absolute atomic E-state index is 0.242. The van der Waals surface area contributed by atoms with Crippen molar-refractivity contribution in [3.05, 3.63) is 70.8 Å². The van der Waals surface area contributed by atoms with Gasteiger partial charge in [-0.2, -0.15) is 0 Å². The highest BCUT2D eigenvalue weighted by Crippen LogP contribution is 2.09. The number of aryl methyl sites for hydroxylation is 1. The minimum atomic E-state index is -1.16. The highest BCUT2D eigenvalue weighted by Gasteiger charge is 2.25. The van der Waals surface area contributed by atoms with Crippen molar-refractivity contribution in [3.8, 4) is 11.8 Å². The van der Waals surface area contributed by atoms with E-state index in [0.717, 1.165) is 36.8 Å². The van der Waals surface area contributed by atoms with Crippen LogP contribution in [0.2, 0.25) is 0 Å². The van der Waals surface area contributed by atoms with Crippen LogP contribution in [0, 0.1) is 11.8 Å². The predicted octanol–water partition coefficient (Wildman–Crippen LogP) is 1.83. The van der Waals surface area contributed by atoms with E-state index < -0.39 is 30.4 Å². The van der Waals surface area contributed by atoms with Crippen molar-refractivity contribution in [2.24, 2.45) is 0 Å². The first-order valence-electron chi connectivity index (χ1n) is 10.4. The monoisotopic (exact) mass is 423 g/mol. The van der Waals surface area contributed by atoms with Gasteiger partial charge in [0.25, 0.3) is 5.91 Å². The van der Waals surface area contributed by atoms with Crippen LogP contribution >= 0.6 is 0 Å². The van der Waals surface area contributed by atoms with Crippen LogP contribution < -0.4 is 5.32 Å². The Morgan fingerprint density at radius 2 is 1.48 bits per heavy atom. The number of unbranched alkanes of at least 4 members (excludes halogenated alkanes) is 2. The minimum Gasteiger partial charge on any atom is -0.396 e. The van der Waals surface area contributed by atoms with E-state index in [1.165, 1.54) is 12.5 Å². The first-order chi connectivity index (χ1) is 14.9. The maximum Gasteiger partial charge on any atom is 0.251 e. The largest absolute Gasteiger partial charge is 0.396 e. The average Bonchev–Trinajstić information content (AvgIpc) is 2.79. The molecule has 0 aliphatic heterocycles. The smallest absolute Gasteiger partial charge is 0.251 e. The Kier molecular flexibility index (Phi) is 9.92. The Labute approximate surface area is 182 Å². The number of carbonyl (C=O) groups is 2. The molecule has 31 heavy (non-hydrogen) atoms. The van der Waals surface area contributed by atoms with Crippen LogP contribution in [0.25, 0.3) is 0 Å². The third-order valence-electron chi connectivity index (χ3n) is 4.85. The lowest BCUT2D eigenvalue weighted by Crippen LogP contribution is -2.48. The molecule has 2 atom stereocenters. The normalized spacial score (nSPS) is 12.4. The molecule has 0 aliphatic carbocycles. The summed E-state index contributed by atoms with van der Waals surface area (Å²) in [6.07, 6.45) is 2.78. The van der Waals surface area contributed by atoms with Gasteiger partial charge in [-0.25, -0.2) is 0 Å². The van der Waals surface area contributed by atoms with Crippen molar-refractivity contribution in [3.63, 3.8) is 0 Å². The molecule has 0 fully saturated rings. The second-order valence-corrected chi connectivity index (χ2v) is 7.37. The van der Waals surface area contributed by atoms with E-state index in [0.29, 0.717) is 5.56 Å². The zero-order chi connectivity index (χ0) is 22.6. The number of hydrogen-bond acceptors (Lipinski definition) is 5. The molecule has 0 radical (unpaired) electrons. The summed E-state index contributed by atoms with van der Waals surface area (Å²) in [5.41, 5.74) is 3.20. The van der Waals surface area contributed by atoms with Gasteiger partial charge in [-0.1, -0.05) is 30.4 Å². The third kappa shape index (κ3) is 7.99. The molecule has 0 bridgehead atoms. The van der Waals surface area contributed by atoms with Crippen molar-refractivity contribution in [2.45, 2.75) is 44.8 Å². The van der Waals surface area contributed by atoms with Crippen LogP contribution in [0.1, 0.15) is 53.2 Å². The van der Waals surface area contributed by atoms with Gasteiger partial charge < -0.3 is 20.6 Å². The molecule has 2 rings (SSSR count). The van der Waals surface area contributed by atoms with E-state index in [1.54, 1.807) is 24.3 Å². The van der Waals surface area contributed by atoms with Gasteiger partial charge >= 0.3 is 0 Å². The van der Waals surface area contributed by atoms with Crippen LogP contribution in [0.5, 0.6) is 0 Å². The number of nitrogens with one attached hydrogen (secondary N) is 1. The number of rotatable bonds is 10. The summed E-state index contributed by atoms with van der Waals surface area (Å²) in [4.78, 5) is 24.0. The van der Waals surface area contributed by atoms with Crippen molar-refractivity contribution >= 4 is 11.7 Å². The van der Waals surface area contributed by atoms with E-state index in [1.807, 2.05) is 12.1 Å². The van der Waals surface area contributed by atoms with Crippen molar-refractivity contribution in [2.75, 3.05) is 13.2 Å². The second kappa shape index (κ2) is 12.7. The molecule has 2 aromatic carbocycles. The Morgan fingerprint density at radius 3 is 2.00 bits per heavy atom. The van der Waals surface area contributed by atoms with Gasteiger partial charge in [0.15, 0.2) is 5.78 Å². The summed E-state index contributed by atoms with van der Waals surface area (Å²) >= 11 is 0. The molecule has 0 saturated carbocycles. The molecule has 4 N–H and O–H groups in total. The van der Waals surface area contributed by atoms with Gasteiger partial charge in [-0.15, -0.1) is 0 Å². The van der Waals surface area contributed by atoms with Crippen LogP contribution in [0.15, 0.2) is 48.5 Å². The topological polar surface area (TPSA) is 107 Å². The Balaban J connectivity index is 1.96. The molecular formula is C25H29NO5. The SMILES string of the molecule is C[C@@H](O)[C@H](NC(=O)c1ccc(C#Cc2ccc(CCCCCO)cc2)cc1)C(=O)CO. The molecule has 0 unspecified atom stereocenters. The fourth-order valence-electron chi connectivity index (χ4n) is 3.01. The lowest BCUT2D eigenvalue weighted by atomic mass is 10.0. The molecule has 6 heteroatoms. The number of aliphatic hydroxyl groups excluding tert-OH is 3. The molecule has 2 aromatic rings. The zero-order valence-electron chi connectivity index (χ0n) is 17.7. The Bertz CT molecular complexity index is 908. The number of benzene rings is 2. The van der Waals surface area contributed by atoms with E-state index in [9.17, 15) is 14.7 Å². The predicted molar refractivity (Wildman–Crippen MR) is 119 cm³/mol. The molecule has 6 nitrogen and oxygen atoms in total. The van der Waals surface area contributed by atoms with Crippen molar-refractivity contribution in [1.82, 2.24) is 5.32 Å². The number of carbonyl (C=O) groups excluding carboxylic acids is 2. The van der Waals surface area contributed by atoms with Crippen LogP contribution in [-0.2, 0) is 11.2 Å². The molecule has 0 heterocycles. The van der Waals surface area contributed by atoms with Crippen molar-refractivity contribution < 1.29 is 24.9 Å². The zero-order valence-corrected chi connectivity index (χ0v) is 17.7. The van der Waals surface area contributed by atoms with Gasteiger partial charge in [-0.05, 0) is 68.1 Å². The van der Waals surface area contributed by atoms with Crippen molar-refractivity contribution in [1.29, 1.82) is 0 Å². The van der Waals surface area contributed by atoms with Crippen LogP contribution in [-0.4, -0.2) is 52.4 Å². The number of hydrogen-bond donors (Lipinski definition) is 4. The van der Waals surface area contributed by atoms with Crippen LogP contribution in [0.4, 0.5) is 0 Å². The lowest BCUT2D eigenvalue weighted by Gasteiger charge is -2.19. The van der Waals surface area contributed by atoms with E-state index in [-0.39, 0.29) is 6.61 Å². The van der Waals surface area contributed by atoms with Gasteiger partial charge in [0.1, 0.15) is 12.6 Å². The highest BCUT2D eigenvalue weighted by atomic mass is 16.3. The summed E-state index contributed by atoms with van der Waals surface area (Å²) in [6, 6.07) is 13.5. The quantitative estimate of drug-likeness (QED) is 0.345. The van der Waals surface area contributed by atoms with Gasteiger partial charge in [0.2, 0.25) is 0 Å². The fraction of sp³-hybridized carbons (Fsp3) is 0.360. The summed E-state index contributed by atoms with van der Waals surface area (Å²) < 4.78 is 0. The maximum atomic E-state index is 12.3. The first kappa shape index (κ1) is 24.3. The summed E-state index contributed by atoms with van der Waals surface area (Å²) in [7, 11) is 0. The molecule has 0 saturated heterocycles. The third-order valence-corrected chi connectivity index (χ3v) is 4.85. The summed E-state index contributed by atoms with van der Waals surface area (Å²) in [5, 5.41) is 29.9. The van der Waals surface area contributed by atoms with E-state index >= 15 is 0 Å². The maximum absolute atomic E-state index is 12.3. The molecule has 0 spiro atoms. The number of ketones is 1. The average molecular weight is 424 g/mol.